The summed E-state index contributed by atoms with van der Waals surface area (Å²) in [5.74, 6) is -0.275. The van der Waals surface area contributed by atoms with E-state index in [0.717, 1.165) is 18.4 Å². The maximum atomic E-state index is 14.2. The largest absolute Gasteiger partial charge is 0.489 e. The summed E-state index contributed by atoms with van der Waals surface area (Å²) in [4.78, 5) is 14.4. The van der Waals surface area contributed by atoms with E-state index >= 15 is 0 Å². The molecule has 1 saturated heterocycles. The number of carbonyl (C=O) groups is 1. The normalized spacial score (nSPS) is 18.3. The first-order valence-corrected chi connectivity index (χ1v) is 8.87. The summed E-state index contributed by atoms with van der Waals surface area (Å²) in [5, 5.41) is 0. The molecule has 26 heavy (non-hydrogen) atoms. The lowest BCUT2D eigenvalue weighted by molar-refractivity contribution is -0.126. The maximum absolute atomic E-state index is 14.2. The number of hydrogen-bond acceptors (Lipinski definition) is 3. The van der Waals surface area contributed by atoms with Crippen LogP contribution in [0.15, 0.2) is 48.5 Å². The van der Waals surface area contributed by atoms with Gasteiger partial charge in [-0.25, -0.2) is 4.39 Å². The molecule has 0 aromatic heterocycles. The van der Waals surface area contributed by atoms with Crippen molar-refractivity contribution in [3.63, 3.8) is 0 Å². The molecule has 2 aliphatic rings. The van der Waals surface area contributed by atoms with Gasteiger partial charge in [0.2, 0.25) is 0 Å². The molecule has 2 aromatic rings. The Balaban J connectivity index is 1.39. The Morgan fingerprint density at radius 1 is 1.19 bits per heavy atom. The second kappa shape index (κ2) is 6.72. The molecule has 1 amide bonds. The first-order valence-electron chi connectivity index (χ1n) is 8.87. The Hall–Kier alpha value is -2.40. The lowest BCUT2D eigenvalue weighted by Crippen LogP contribution is -2.65. The van der Waals surface area contributed by atoms with E-state index in [1.54, 1.807) is 18.1 Å². The molecular formula is C21H22FNO3. The number of halogens is 1. The second-order valence-electron chi connectivity index (χ2n) is 7.34. The van der Waals surface area contributed by atoms with E-state index in [1.165, 1.54) is 12.1 Å². The molecule has 2 fully saturated rings. The predicted octanol–water partition coefficient (Wildman–Crippen LogP) is 3.66. The summed E-state index contributed by atoms with van der Waals surface area (Å²) >= 11 is 0. The van der Waals surface area contributed by atoms with Crippen LogP contribution in [-0.4, -0.2) is 37.1 Å². The third kappa shape index (κ3) is 3.19. The molecule has 0 bridgehead atoms. The van der Waals surface area contributed by atoms with Crippen LogP contribution >= 0.6 is 0 Å². The number of carbonyl (C=O) groups excluding carboxylic acids is 1. The topological polar surface area (TPSA) is 38.8 Å². The molecular weight excluding hydrogens is 333 g/mol. The molecule has 1 aliphatic carbocycles. The average Bonchev–Trinajstić information content (AvgIpc) is 2.59. The minimum atomic E-state index is -0.508. The Morgan fingerprint density at radius 3 is 2.62 bits per heavy atom. The monoisotopic (exact) mass is 355 g/mol. The molecule has 1 aliphatic heterocycles. The molecule has 0 N–H and O–H groups in total. The summed E-state index contributed by atoms with van der Waals surface area (Å²) in [5.41, 5.74) is 1.29. The zero-order valence-corrected chi connectivity index (χ0v) is 14.8. The molecule has 0 atom stereocenters. The number of methoxy groups -OCH3 is 1. The van der Waals surface area contributed by atoms with Gasteiger partial charge in [-0.3, -0.25) is 4.79 Å². The molecule has 136 valence electrons. The van der Waals surface area contributed by atoms with Crippen molar-refractivity contribution in [3.8, 4) is 5.75 Å². The highest BCUT2D eigenvalue weighted by Crippen LogP contribution is 2.49. The first kappa shape index (κ1) is 17.0. The number of ether oxygens (including phenoxy) is 2. The molecule has 1 heterocycles. The van der Waals surface area contributed by atoms with Crippen molar-refractivity contribution in [1.29, 1.82) is 0 Å². The van der Waals surface area contributed by atoms with Crippen LogP contribution in [-0.2, 0) is 11.3 Å². The standard InChI is InChI=1S/C21H22FNO3/c1-25-17-10-21(11-17)13-23(14-21)20(24)18-9-16(7-8-19(18)22)26-12-15-5-3-2-4-6-15/h2-9,17H,10-14H2,1H3. The molecule has 0 unspecified atom stereocenters. The van der Waals surface area contributed by atoms with Gasteiger partial charge in [0.15, 0.2) is 0 Å². The fourth-order valence-electron chi connectivity index (χ4n) is 3.91. The van der Waals surface area contributed by atoms with E-state index in [2.05, 4.69) is 0 Å². The Kier molecular flexibility index (Phi) is 4.41. The molecule has 1 spiro atoms. The lowest BCUT2D eigenvalue weighted by atomic mass is 9.61. The SMILES string of the molecule is COC1CC2(C1)CN(C(=O)c1cc(OCc3ccccc3)ccc1F)C2. The number of hydrogen-bond donors (Lipinski definition) is 0. The average molecular weight is 355 g/mol. The van der Waals surface area contributed by atoms with E-state index < -0.39 is 5.82 Å². The second-order valence-corrected chi connectivity index (χ2v) is 7.34. The predicted molar refractivity (Wildman–Crippen MR) is 95.5 cm³/mol. The van der Waals surface area contributed by atoms with Crippen LogP contribution in [0.3, 0.4) is 0 Å². The van der Waals surface area contributed by atoms with Crippen LogP contribution in [0.25, 0.3) is 0 Å². The lowest BCUT2D eigenvalue weighted by Gasteiger charge is -2.58. The number of nitrogens with zero attached hydrogens (tertiary/aromatic N) is 1. The van der Waals surface area contributed by atoms with Crippen LogP contribution < -0.4 is 4.74 Å². The van der Waals surface area contributed by atoms with Gasteiger partial charge in [0.1, 0.15) is 18.2 Å². The molecule has 0 radical (unpaired) electrons. The molecule has 4 nitrogen and oxygen atoms in total. The third-order valence-electron chi connectivity index (χ3n) is 5.41. The van der Waals surface area contributed by atoms with Crippen molar-refractivity contribution in [3.05, 3.63) is 65.5 Å². The van der Waals surface area contributed by atoms with E-state index in [-0.39, 0.29) is 16.9 Å². The van der Waals surface area contributed by atoms with Crippen LogP contribution in [0.2, 0.25) is 0 Å². The van der Waals surface area contributed by atoms with Gasteiger partial charge in [-0.15, -0.1) is 0 Å². The zero-order chi connectivity index (χ0) is 18.1. The van der Waals surface area contributed by atoms with E-state index in [0.29, 0.717) is 31.5 Å². The number of rotatable bonds is 5. The van der Waals surface area contributed by atoms with Gasteiger partial charge < -0.3 is 14.4 Å². The summed E-state index contributed by atoms with van der Waals surface area (Å²) in [7, 11) is 1.72. The van der Waals surface area contributed by atoms with Gasteiger partial charge in [0, 0.05) is 25.6 Å². The Morgan fingerprint density at radius 2 is 1.92 bits per heavy atom. The van der Waals surface area contributed by atoms with Crippen LogP contribution in [0.4, 0.5) is 4.39 Å². The van der Waals surface area contributed by atoms with Crippen molar-refractivity contribution in [2.45, 2.75) is 25.6 Å². The number of benzene rings is 2. The van der Waals surface area contributed by atoms with E-state index in [1.807, 2.05) is 30.3 Å². The van der Waals surface area contributed by atoms with Crippen molar-refractivity contribution in [2.75, 3.05) is 20.2 Å². The van der Waals surface area contributed by atoms with Crippen molar-refractivity contribution in [1.82, 2.24) is 4.90 Å². The number of amides is 1. The fourth-order valence-corrected chi connectivity index (χ4v) is 3.91. The van der Waals surface area contributed by atoms with Crippen LogP contribution in [0, 0.1) is 11.2 Å². The van der Waals surface area contributed by atoms with Gasteiger partial charge in [-0.2, -0.15) is 0 Å². The molecule has 1 saturated carbocycles. The molecule has 5 heteroatoms. The summed E-state index contributed by atoms with van der Waals surface area (Å²) in [6.45, 7) is 1.74. The molecule has 2 aromatic carbocycles. The summed E-state index contributed by atoms with van der Waals surface area (Å²) < 4.78 is 25.2. The number of likely N-dealkylation sites (tertiary alicyclic amines) is 1. The van der Waals surface area contributed by atoms with Crippen LogP contribution in [0.5, 0.6) is 5.75 Å². The summed E-state index contributed by atoms with van der Waals surface area (Å²) in [6.07, 6.45) is 2.27. The third-order valence-corrected chi connectivity index (χ3v) is 5.41. The maximum Gasteiger partial charge on any atom is 0.257 e. The van der Waals surface area contributed by atoms with Crippen molar-refractivity contribution < 1.29 is 18.7 Å². The Labute approximate surface area is 152 Å². The zero-order valence-electron chi connectivity index (χ0n) is 14.8. The highest BCUT2D eigenvalue weighted by atomic mass is 19.1. The minimum Gasteiger partial charge on any atom is -0.489 e. The van der Waals surface area contributed by atoms with Gasteiger partial charge in [-0.05, 0) is 36.6 Å². The van der Waals surface area contributed by atoms with E-state index in [4.69, 9.17) is 9.47 Å². The van der Waals surface area contributed by atoms with Gasteiger partial charge in [-0.1, -0.05) is 30.3 Å². The van der Waals surface area contributed by atoms with E-state index in [9.17, 15) is 9.18 Å². The first-order chi connectivity index (χ1) is 12.6. The fraction of sp³-hybridized carbons (Fsp3) is 0.381. The highest BCUT2D eigenvalue weighted by Gasteiger charge is 2.54. The van der Waals surface area contributed by atoms with Crippen LogP contribution in [0.1, 0.15) is 28.8 Å². The van der Waals surface area contributed by atoms with Crippen molar-refractivity contribution in [2.24, 2.45) is 5.41 Å². The van der Waals surface area contributed by atoms with Gasteiger partial charge >= 0.3 is 0 Å². The minimum absolute atomic E-state index is 0.0769. The van der Waals surface area contributed by atoms with Gasteiger partial charge in [0.25, 0.3) is 5.91 Å². The summed E-state index contributed by atoms with van der Waals surface area (Å²) in [6, 6.07) is 14.1. The Bertz CT molecular complexity index is 794. The highest BCUT2D eigenvalue weighted by molar-refractivity contribution is 5.95. The molecule has 4 rings (SSSR count). The van der Waals surface area contributed by atoms with Crippen molar-refractivity contribution >= 4 is 5.91 Å². The van der Waals surface area contributed by atoms with Gasteiger partial charge in [0.05, 0.1) is 11.7 Å². The quantitative estimate of drug-likeness (QED) is 0.822. The smallest absolute Gasteiger partial charge is 0.257 e.